The van der Waals surface area contributed by atoms with Gasteiger partial charge in [-0.1, -0.05) is 6.07 Å². The lowest BCUT2D eigenvalue weighted by Gasteiger charge is -2.27. The minimum atomic E-state index is -3.80. The van der Waals surface area contributed by atoms with E-state index in [-0.39, 0.29) is 34.6 Å². The molecule has 0 radical (unpaired) electrons. The van der Waals surface area contributed by atoms with Crippen molar-refractivity contribution in [3.05, 3.63) is 30.5 Å². The Bertz CT molecular complexity index is 842. The van der Waals surface area contributed by atoms with Gasteiger partial charge >= 0.3 is 6.61 Å². The lowest BCUT2D eigenvalue weighted by Crippen LogP contribution is -2.46. The number of benzene rings is 1. The fraction of sp³-hybridized carbons (Fsp3) is 0.357. The predicted octanol–water partition coefficient (Wildman–Crippen LogP) is 1.43. The summed E-state index contributed by atoms with van der Waals surface area (Å²) in [7, 11) is -3.80. The summed E-state index contributed by atoms with van der Waals surface area (Å²) in [5.74, 6) is -0.310. The van der Waals surface area contributed by atoms with Crippen LogP contribution in [0.4, 0.5) is 8.78 Å². The van der Waals surface area contributed by atoms with Gasteiger partial charge in [-0.2, -0.15) is 13.1 Å². The Morgan fingerprint density at radius 1 is 1.26 bits per heavy atom. The summed E-state index contributed by atoms with van der Waals surface area (Å²) >= 11 is 0. The van der Waals surface area contributed by atoms with Crippen molar-refractivity contribution in [1.82, 2.24) is 14.6 Å². The number of nitrogens with zero attached hydrogens (tertiary/aromatic N) is 2. The molecule has 9 heteroatoms. The fourth-order valence-electron chi connectivity index (χ4n) is 2.52. The van der Waals surface area contributed by atoms with Gasteiger partial charge in [0, 0.05) is 43.1 Å². The van der Waals surface area contributed by atoms with E-state index in [2.05, 4.69) is 9.72 Å². The van der Waals surface area contributed by atoms with Crippen LogP contribution in [0.3, 0.4) is 0 Å². The second kappa shape index (κ2) is 6.34. The van der Waals surface area contributed by atoms with E-state index in [1.54, 1.807) is 0 Å². The first kappa shape index (κ1) is 14.7. The van der Waals surface area contributed by atoms with E-state index in [1.807, 2.05) is 0 Å². The van der Waals surface area contributed by atoms with Crippen LogP contribution in [0.25, 0.3) is 10.8 Å². The van der Waals surface area contributed by atoms with Crippen LogP contribution in [0.2, 0.25) is 1.41 Å². The quantitative estimate of drug-likeness (QED) is 0.908. The number of pyridine rings is 1. The number of alkyl halides is 2. The lowest BCUT2D eigenvalue weighted by molar-refractivity contribution is -0.0517. The van der Waals surface area contributed by atoms with Crippen LogP contribution < -0.4 is 10.0 Å². The molecule has 1 aliphatic rings. The normalized spacial score (nSPS) is 18.3. The Hall–Kier alpha value is -1.84. The zero-order valence-corrected chi connectivity index (χ0v) is 12.8. The van der Waals surface area contributed by atoms with Gasteiger partial charge in [-0.25, -0.2) is 13.4 Å². The van der Waals surface area contributed by atoms with E-state index < -0.39 is 16.6 Å². The Kier molecular flexibility index (Phi) is 4.06. The molecule has 1 N–H and O–H groups in total. The molecule has 0 saturated carbocycles. The maximum Gasteiger partial charge on any atom is 0.388 e. The molecule has 0 aliphatic carbocycles. The molecule has 3 rings (SSSR count). The first-order valence-corrected chi connectivity index (χ1v) is 8.40. The minimum Gasteiger partial charge on any atom is -0.416 e. The van der Waals surface area contributed by atoms with E-state index in [0.29, 0.717) is 13.1 Å². The average Bonchev–Trinajstić information content (AvgIpc) is 2.54. The van der Waals surface area contributed by atoms with Crippen molar-refractivity contribution in [3.63, 3.8) is 0 Å². The van der Waals surface area contributed by atoms with E-state index in [1.165, 1.54) is 40.1 Å². The first-order chi connectivity index (χ1) is 11.4. The number of piperazine rings is 1. The second-order valence-electron chi connectivity index (χ2n) is 4.92. The third kappa shape index (κ3) is 3.12. The Labute approximate surface area is 133 Å². The van der Waals surface area contributed by atoms with Gasteiger partial charge in [-0.15, -0.1) is 0 Å². The maximum absolute atomic E-state index is 12.9. The lowest BCUT2D eigenvalue weighted by atomic mass is 10.2. The van der Waals surface area contributed by atoms with Crippen LogP contribution in [0.5, 0.6) is 5.88 Å². The van der Waals surface area contributed by atoms with Crippen molar-refractivity contribution in [2.45, 2.75) is 11.5 Å². The predicted molar refractivity (Wildman–Crippen MR) is 80.0 cm³/mol. The third-order valence-corrected chi connectivity index (χ3v) is 5.52. The molecule has 23 heavy (non-hydrogen) atoms. The van der Waals surface area contributed by atoms with Gasteiger partial charge in [0.25, 0.3) is 0 Å². The van der Waals surface area contributed by atoms with Crippen LogP contribution in [-0.2, 0) is 10.0 Å². The molecule has 0 atom stereocenters. The first-order valence-electron chi connectivity index (χ1n) is 7.41. The number of halogens is 2. The maximum atomic E-state index is 12.9. The van der Waals surface area contributed by atoms with E-state index in [4.69, 9.17) is 1.41 Å². The average molecular weight is 344 g/mol. The Balaban J connectivity index is 2.06. The topological polar surface area (TPSA) is 71.5 Å². The smallest absolute Gasteiger partial charge is 0.388 e. The molecule has 1 aromatic carbocycles. The number of rotatable bonds is 4. The van der Waals surface area contributed by atoms with Crippen LogP contribution in [0.1, 0.15) is 0 Å². The van der Waals surface area contributed by atoms with Gasteiger partial charge in [0.1, 0.15) is 1.41 Å². The molecule has 2 heterocycles. The van der Waals surface area contributed by atoms with Gasteiger partial charge in [-0.05, 0) is 18.2 Å². The number of hydrogen-bond acceptors (Lipinski definition) is 5. The molecule has 0 amide bonds. The molecule has 0 bridgehead atoms. The molecular formula is C14H15F2N3O3S. The van der Waals surface area contributed by atoms with Crippen molar-refractivity contribution in [2.24, 2.45) is 0 Å². The molecule has 0 unspecified atom stereocenters. The number of hydrogen-bond donors (Lipinski definition) is 1. The highest BCUT2D eigenvalue weighted by atomic mass is 32.2. The zero-order valence-electron chi connectivity index (χ0n) is 13.0. The fourth-order valence-corrected chi connectivity index (χ4v) is 4.15. The van der Waals surface area contributed by atoms with Crippen molar-refractivity contribution >= 4 is 20.8 Å². The van der Waals surface area contributed by atoms with Gasteiger partial charge in [0.15, 0.2) is 0 Å². The van der Waals surface area contributed by atoms with Gasteiger partial charge in [0.2, 0.25) is 15.9 Å². The summed E-state index contributed by atoms with van der Waals surface area (Å²) in [6, 6.07) is 5.84. The largest absolute Gasteiger partial charge is 0.416 e. The molecule has 0 spiro atoms. The van der Waals surface area contributed by atoms with Crippen LogP contribution >= 0.6 is 0 Å². The highest BCUT2D eigenvalue weighted by molar-refractivity contribution is 7.89. The number of aromatic nitrogens is 1. The summed E-state index contributed by atoms with van der Waals surface area (Å²) in [5.41, 5.74) is 0. The van der Waals surface area contributed by atoms with Crippen LogP contribution in [-0.4, -0.2) is 50.5 Å². The number of fused-ring (bicyclic) bond motifs is 1. The number of ether oxygens (including phenoxy) is 1. The van der Waals surface area contributed by atoms with Gasteiger partial charge in [0.05, 0.1) is 4.90 Å². The summed E-state index contributed by atoms with van der Waals surface area (Å²) in [6.07, 6.45) is 1.24. The van der Waals surface area contributed by atoms with Gasteiger partial charge < -0.3 is 10.0 Å². The third-order valence-electron chi connectivity index (χ3n) is 3.56. The summed E-state index contributed by atoms with van der Waals surface area (Å²) in [5, 5.41) is 1.78. The standard InChI is InChI=1S/C14H15F2N3O3S/c15-14(16)22-13-11-2-1-3-12(10(11)4-5-18-13)23(20,21)19-8-6-17-7-9-19/h1-5,14,17H,6-9H2/i/hD. The highest BCUT2D eigenvalue weighted by Crippen LogP contribution is 2.30. The molecule has 1 fully saturated rings. The highest BCUT2D eigenvalue weighted by Gasteiger charge is 2.28. The van der Waals surface area contributed by atoms with Gasteiger partial charge in [-0.3, -0.25) is 0 Å². The Morgan fingerprint density at radius 2 is 2.00 bits per heavy atom. The molecule has 6 nitrogen and oxygen atoms in total. The van der Waals surface area contributed by atoms with Crippen molar-refractivity contribution in [3.8, 4) is 5.88 Å². The molecular weight excluding hydrogens is 328 g/mol. The molecule has 2 aromatic rings. The molecule has 1 saturated heterocycles. The minimum absolute atomic E-state index is 0.0138. The summed E-state index contributed by atoms with van der Waals surface area (Å²) in [4.78, 5) is 3.76. The van der Waals surface area contributed by atoms with Crippen molar-refractivity contribution < 1.29 is 23.3 Å². The van der Waals surface area contributed by atoms with E-state index in [0.717, 1.165) is 0 Å². The van der Waals surface area contributed by atoms with E-state index >= 15 is 0 Å². The zero-order chi connectivity index (χ0) is 17.3. The van der Waals surface area contributed by atoms with Crippen molar-refractivity contribution in [1.29, 1.82) is 0 Å². The van der Waals surface area contributed by atoms with Crippen LogP contribution in [0, 0.1) is 0 Å². The summed E-state index contributed by atoms with van der Waals surface area (Å²) < 4.78 is 63.9. The monoisotopic (exact) mass is 344 g/mol. The molecule has 1 aliphatic heterocycles. The number of sulfonamides is 1. The molecule has 1 aromatic heterocycles. The SMILES string of the molecule is [2H]N1CCN(S(=O)(=O)c2cccc3c(OC(F)F)nccc23)CC1. The Morgan fingerprint density at radius 3 is 2.70 bits per heavy atom. The van der Waals surface area contributed by atoms with E-state index in [9.17, 15) is 17.2 Å². The van der Waals surface area contributed by atoms with Crippen LogP contribution in [0.15, 0.2) is 35.4 Å². The second-order valence-corrected chi connectivity index (χ2v) is 6.83. The molecule has 124 valence electrons. The summed E-state index contributed by atoms with van der Waals surface area (Å²) in [6.45, 7) is -2.02. The number of nitrogens with one attached hydrogen (secondary N) is 1. The van der Waals surface area contributed by atoms with Crippen molar-refractivity contribution in [2.75, 3.05) is 26.2 Å².